The number of hydrogen-bond acceptors (Lipinski definition) is 2. The second kappa shape index (κ2) is 10.2. The van der Waals surface area contributed by atoms with Gasteiger partial charge in [-0.2, -0.15) is 0 Å². The van der Waals surface area contributed by atoms with Crippen LogP contribution in [0.1, 0.15) is 37.7 Å². The van der Waals surface area contributed by atoms with Gasteiger partial charge in [-0.3, -0.25) is 9.89 Å². The van der Waals surface area contributed by atoms with Crippen LogP contribution in [0.5, 0.6) is 0 Å². The minimum atomic E-state index is 0. The molecule has 1 aliphatic carbocycles. The van der Waals surface area contributed by atoms with E-state index in [1.54, 1.807) is 0 Å². The maximum Gasteiger partial charge on any atom is 0.191 e. The molecule has 0 radical (unpaired) electrons. The third-order valence-electron chi connectivity index (χ3n) is 4.96. The van der Waals surface area contributed by atoms with E-state index in [-0.39, 0.29) is 24.0 Å². The second-order valence-corrected chi connectivity index (χ2v) is 6.88. The molecule has 0 aromatic heterocycles. The quantitative estimate of drug-likeness (QED) is 0.404. The van der Waals surface area contributed by atoms with Crippen LogP contribution >= 0.6 is 24.0 Å². The van der Waals surface area contributed by atoms with Gasteiger partial charge in [0.25, 0.3) is 0 Å². The zero-order chi connectivity index (χ0) is 15.9. The number of piperidine rings is 1. The van der Waals surface area contributed by atoms with Crippen molar-refractivity contribution < 1.29 is 0 Å². The average Bonchev–Trinajstić information content (AvgIpc) is 3.42. The van der Waals surface area contributed by atoms with Gasteiger partial charge < -0.3 is 10.6 Å². The standard InChI is InChI=1S/C19H30N4.HI/c1-20-19(21-13-16-10-11-16)22-14-18-9-5-6-12-23(18)15-17-7-3-2-4-8-17;/h2-4,7-8,16,18H,5-6,9-15H2,1H3,(H2,20,21,22);1H. The first kappa shape index (κ1) is 19.5. The highest BCUT2D eigenvalue weighted by Crippen LogP contribution is 2.27. The molecule has 2 aliphatic rings. The topological polar surface area (TPSA) is 39.7 Å². The first-order chi connectivity index (χ1) is 11.3. The molecule has 1 unspecified atom stereocenters. The van der Waals surface area contributed by atoms with Gasteiger partial charge in [-0.1, -0.05) is 36.8 Å². The van der Waals surface area contributed by atoms with Gasteiger partial charge in [-0.05, 0) is 43.7 Å². The number of guanidine groups is 1. The van der Waals surface area contributed by atoms with E-state index in [0.717, 1.165) is 31.5 Å². The van der Waals surface area contributed by atoms with Crippen molar-refractivity contribution in [2.75, 3.05) is 26.7 Å². The fourth-order valence-corrected chi connectivity index (χ4v) is 3.32. The van der Waals surface area contributed by atoms with Crippen LogP contribution in [-0.2, 0) is 6.54 Å². The first-order valence-electron chi connectivity index (χ1n) is 9.07. The Morgan fingerprint density at radius 3 is 2.54 bits per heavy atom. The lowest BCUT2D eigenvalue weighted by molar-refractivity contribution is 0.141. The zero-order valence-electron chi connectivity index (χ0n) is 14.7. The summed E-state index contributed by atoms with van der Waals surface area (Å²) in [4.78, 5) is 6.98. The average molecular weight is 442 g/mol. The van der Waals surface area contributed by atoms with Gasteiger partial charge in [0.1, 0.15) is 0 Å². The molecule has 2 fully saturated rings. The first-order valence-corrected chi connectivity index (χ1v) is 9.07. The van der Waals surface area contributed by atoms with E-state index in [2.05, 4.69) is 50.9 Å². The number of hydrogen-bond donors (Lipinski definition) is 2. The van der Waals surface area contributed by atoms with Gasteiger partial charge in [-0.15, -0.1) is 24.0 Å². The molecule has 1 heterocycles. The predicted octanol–water partition coefficient (Wildman–Crippen LogP) is 3.23. The van der Waals surface area contributed by atoms with Crippen LogP contribution in [-0.4, -0.2) is 43.6 Å². The molecule has 0 amide bonds. The molecule has 5 heteroatoms. The van der Waals surface area contributed by atoms with Crippen LogP contribution in [0.4, 0.5) is 0 Å². The summed E-state index contributed by atoms with van der Waals surface area (Å²) >= 11 is 0. The molecule has 1 aromatic rings. The van der Waals surface area contributed by atoms with Crippen molar-refractivity contribution in [3.63, 3.8) is 0 Å². The molecule has 1 saturated carbocycles. The molecular weight excluding hydrogens is 411 g/mol. The number of nitrogens with one attached hydrogen (secondary N) is 2. The highest BCUT2D eigenvalue weighted by Gasteiger charge is 2.23. The molecule has 0 bridgehead atoms. The van der Waals surface area contributed by atoms with E-state index >= 15 is 0 Å². The molecule has 134 valence electrons. The summed E-state index contributed by atoms with van der Waals surface area (Å²) in [5, 5.41) is 6.99. The molecule has 1 saturated heterocycles. The highest BCUT2D eigenvalue weighted by molar-refractivity contribution is 14.0. The molecule has 1 aromatic carbocycles. The van der Waals surface area contributed by atoms with Gasteiger partial charge in [0.15, 0.2) is 5.96 Å². The van der Waals surface area contributed by atoms with E-state index in [4.69, 9.17) is 0 Å². The minimum Gasteiger partial charge on any atom is -0.356 e. The van der Waals surface area contributed by atoms with E-state index in [0.29, 0.717) is 6.04 Å². The Bertz CT molecular complexity index is 501. The summed E-state index contributed by atoms with van der Waals surface area (Å²) in [5.41, 5.74) is 1.41. The third-order valence-corrected chi connectivity index (χ3v) is 4.96. The monoisotopic (exact) mass is 442 g/mol. The lowest BCUT2D eigenvalue weighted by Crippen LogP contribution is -2.49. The van der Waals surface area contributed by atoms with Crippen LogP contribution in [0.3, 0.4) is 0 Å². The smallest absolute Gasteiger partial charge is 0.191 e. The summed E-state index contributed by atoms with van der Waals surface area (Å²) in [6.07, 6.45) is 6.68. The summed E-state index contributed by atoms with van der Waals surface area (Å²) in [6, 6.07) is 11.4. The molecule has 1 atom stereocenters. The van der Waals surface area contributed by atoms with Crippen LogP contribution in [0.15, 0.2) is 35.3 Å². The van der Waals surface area contributed by atoms with Crippen LogP contribution in [0, 0.1) is 5.92 Å². The molecule has 0 spiro atoms. The Labute approximate surface area is 163 Å². The van der Waals surface area contributed by atoms with E-state index in [1.165, 1.54) is 44.2 Å². The maximum absolute atomic E-state index is 4.36. The Kier molecular flexibility index (Phi) is 8.32. The normalized spacial score (nSPS) is 21.9. The number of nitrogens with zero attached hydrogens (tertiary/aromatic N) is 2. The second-order valence-electron chi connectivity index (χ2n) is 6.88. The zero-order valence-corrected chi connectivity index (χ0v) is 17.0. The molecule has 24 heavy (non-hydrogen) atoms. The Hall–Kier alpha value is -0.820. The van der Waals surface area contributed by atoms with Crippen molar-refractivity contribution in [3.05, 3.63) is 35.9 Å². The minimum absolute atomic E-state index is 0. The van der Waals surface area contributed by atoms with E-state index in [9.17, 15) is 0 Å². The molecule has 3 rings (SSSR count). The van der Waals surface area contributed by atoms with E-state index < -0.39 is 0 Å². The Morgan fingerprint density at radius 1 is 1.08 bits per heavy atom. The molecule has 2 N–H and O–H groups in total. The van der Waals surface area contributed by atoms with Crippen molar-refractivity contribution in [3.8, 4) is 0 Å². The SMILES string of the molecule is CN=C(NCC1CC1)NCC1CCCCN1Cc1ccccc1.I. The largest absolute Gasteiger partial charge is 0.356 e. The van der Waals surface area contributed by atoms with Crippen LogP contribution in [0.2, 0.25) is 0 Å². The Morgan fingerprint density at radius 2 is 1.83 bits per heavy atom. The lowest BCUT2D eigenvalue weighted by atomic mass is 10.0. The van der Waals surface area contributed by atoms with Crippen LogP contribution in [0.25, 0.3) is 0 Å². The molecular formula is C19H31IN4. The molecule has 1 aliphatic heterocycles. The molecule has 4 nitrogen and oxygen atoms in total. The van der Waals surface area contributed by atoms with Crippen molar-refractivity contribution in [2.24, 2.45) is 10.9 Å². The van der Waals surface area contributed by atoms with Crippen LogP contribution < -0.4 is 10.6 Å². The predicted molar refractivity (Wildman–Crippen MR) is 112 cm³/mol. The van der Waals surface area contributed by atoms with Gasteiger partial charge in [0.2, 0.25) is 0 Å². The van der Waals surface area contributed by atoms with Crippen molar-refractivity contribution >= 4 is 29.9 Å². The third kappa shape index (κ3) is 6.24. The summed E-state index contributed by atoms with van der Waals surface area (Å²) in [7, 11) is 1.87. The van der Waals surface area contributed by atoms with Crippen molar-refractivity contribution in [1.29, 1.82) is 0 Å². The van der Waals surface area contributed by atoms with Gasteiger partial charge in [0, 0.05) is 32.7 Å². The van der Waals surface area contributed by atoms with Gasteiger partial charge in [-0.25, -0.2) is 0 Å². The fraction of sp³-hybridized carbons (Fsp3) is 0.632. The number of rotatable bonds is 6. The van der Waals surface area contributed by atoms with Crippen molar-refractivity contribution in [2.45, 2.75) is 44.7 Å². The van der Waals surface area contributed by atoms with Crippen molar-refractivity contribution in [1.82, 2.24) is 15.5 Å². The Balaban J connectivity index is 0.00000208. The fourth-order valence-electron chi connectivity index (χ4n) is 3.32. The summed E-state index contributed by atoms with van der Waals surface area (Å²) in [6.45, 7) is 4.31. The number of aliphatic imine (C=N–C) groups is 1. The summed E-state index contributed by atoms with van der Waals surface area (Å²) in [5.74, 6) is 1.83. The van der Waals surface area contributed by atoms with Gasteiger partial charge >= 0.3 is 0 Å². The number of halogens is 1. The van der Waals surface area contributed by atoms with Gasteiger partial charge in [0.05, 0.1) is 0 Å². The number of benzene rings is 1. The summed E-state index contributed by atoms with van der Waals surface area (Å²) < 4.78 is 0. The number of likely N-dealkylation sites (tertiary alicyclic amines) is 1. The van der Waals surface area contributed by atoms with E-state index in [1.807, 2.05) is 7.05 Å². The maximum atomic E-state index is 4.36. The lowest BCUT2D eigenvalue weighted by Gasteiger charge is -2.36. The highest BCUT2D eigenvalue weighted by atomic mass is 127.